The number of fused-ring (bicyclic) bond motifs is 1. The Balaban J connectivity index is 1.72. The molecule has 9 heteroatoms. The van der Waals surface area contributed by atoms with E-state index in [4.69, 9.17) is 4.42 Å². The molecule has 5 rings (SSSR count). The van der Waals surface area contributed by atoms with Gasteiger partial charge < -0.3 is 9.40 Å². The Labute approximate surface area is 213 Å². The van der Waals surface area contributed by atoms with E-state index in [2.05, 4.69) is 25.4 Å². The van der Waals surface area contributed by atoms with Gasteiger partial charge in [0, 0.05) is 17.6 Å². The summed E-state index contributed by atoms with van der Waals surface area (Å²) >= 11 is 0. The van der Waals surface area contributed by atoms with Crippen LogP contribution >= 0.6 is 0 Å². The highest BCUT2D eigenvalue weighted by Crippen LogP contribution is 2.32. The van der Waals surface area contributed by atoms with Crippen molar-refractivity contribution in [2.45, 2.75) is 52.4 Å². The maximum absolute atomic E-state index is 13.7. The van der Waals surface area contributed by atoms with E-state index >= 15 is 0 Å². The molecular formula is C28H29FN6O2. The average molecular weight is 501 g/mol. The molecule has 1 atom stereocenters. The van der Waals surface area contributed by atoms with Gasteiger partial charge in [-0.25, -0.2) is 9.07 Å². The number of tetrazole rings is 1. The van der Waals surface area contributed by atoms with Crippen molar-refractivity contribution in [1.82, 2.24) is 30.1 Å². The molecule has 8 nitrogen and oxygen atoms in total. The molecule has 0 aliphatic heterocycles. The summed E-state index contributed by atoms with van der Waals surface area (Å²) in [6.45, 7) is 8.81. The Bertz CT molecular complexity index is 1570. The molecule has 3 aromatic heterocycles. The predicted molar refractivity (Wildman–Crippen MR) is 138 cm³/mol. The monoisotopic (exact) mass is 500 g/mol. The summed E-state index contributed by atoms with van der Waals surface area (Å²) in [5.74, 6) is 0.935. The second-order valence-electron chi connectivity index (χ2n) is 10.3. The van der Waals surface area contributed by atoms with E-state index in [-0.39, 0.29) is 11.4 Å². The number of rotatable bonds is 7. The second kappa shape index (κ2) is 9.74. The molecule has 5 aromatic rings. The van der Waals surface area contributed by atoms with Gasteiger partial charge in [-0.1, -0.05) is 23.8 Å². The van der Waals surface area contributed by atoms with Gasteiger partial charge in [0.15, 0.2) is 5.82 Å². The molecule has 190 valence electrons. The molecule has 0 aliphatic carbocycles. The van der Waals surface area contributed by atoms with Gasteiger partial charge in [0.25, 0.3) is 5.56 Å². The minimum absolute atomic E-state index is 0.228. The number of hydrogen-bond acceptors (Lipinski definition) is 6. The van der Waals surface area contributed by atoms with Crippen LogP contribution in [0, 0.1) is 12.7 Å². The molecule has 1 N–H and O–H groups in total. The van der Waals surface area contributed by atoms with Gasteiger partial charge in [-0.05, 0) is 91.5 Å². The number of aromatic nitrogens is 5. The van der Waals surface area contributed by atoms with Crippen LogP contribution in [0.1, 0.15) is 55.1 Å². The highest BCUT2D eigenvalue weighted by atomic mass is 19.1. The molecule has 0 radical (unpaired) electrons. The number of pyridine rings is 1. The van der Waals surface area contributed by atoms with Crippen LogP contribution in [0.3, 0.4) is 0 Å². The number of furan rings is 1. The van der Waals surface area contributed by atoms with E-state index in [1.54, 1.807) is 23.1 Å². The Morgan fingerprint density at radius 3 is 2.57 bits per heavy atom. The summed E-state index contributed by atoms with van der Waals surface area (Å²) < 4.78 is 21.1. The first kappa shape index (κ1) is 24.6. The lowest BCUT2D eigenvalue weighted by Gasteiger charge is -2.32. The van der Waals surface area contributed by atoms with Crippen molar-refractivity contribution in [3.8, 4) is 0 Å². The van der Waals surface area contributed by atoms with Crippen LogP contribution in [0.4, 0.5) is 4.39 Å². The molecule has 0 saturated heterocycles. The molecule has 0 unspecified atom stereocenters. The molecule has 0 amide bonds. The molecule has 0 spiro atoms. The van der Waals surface area contributed by atoms with Gasteiger partial charge in [0.1, 0.15) is 17.6 Å². The smallest absolute Gasteiger partial charge is 0.253 e. The molecule has 0 aliphatic rings. The van der Waals surface area contributed by atoms with E-state index in [0.29, 0.717) is 24.5 Å². The first-order valence-electron chi connectivity index (χ1n) is 12.1. The van der Waals surface area contributed by atoms with Crippen molar-refractivity contribution in [3.05, 3.63) is 111 Å². The lowest BCUT2D eigenvalue weighted by molar-refractivity contribution is 0.171. The summed E-state index contributed by atoms with van der Waals surface area (Å²) in [5, 5.41) is 13.6. The van der Waals surface area contributed by atoms with Crippen LogP contribution in [-0.4, -0.2) is 30.1 Å². The fourth-order valence-corrected chi connectivity index (χ4v) is 4.55. The van der Waals surface area contributed by atoms with Crippen LogP contribution in [0.25, 0.3) is 10.9 Å². The zero-order valence-corrected chi connectivity index (χ0v) is 21.3. The van der Waals surface area contributed by atoms with Crippen LogP contribution < -0.4 is 5.56 Å². The number of halogens is 1. The summed E-state index contributed by atoms with van der Waals surface area (Å²) in [6, 6.07) is 17.2. The zero-order valence-electron chi connectivity index (χ0n) is 21.3. The number of aromatic amines is 1. The van der Waals surface area contributed by atoms with Crippen molar-refractivity contribution >= 4 is 10.9 Å². The normalized spacial score (nSPS) is 12.9. The average Bonchev–Trinajstić information content (AvgIpc) is 3.54. The quantitative estimate of drug-likeness (QED) is 0.334. The number of nitrogens with zero attached hydrogens (tertiary/aromatic N) is 5. The van der Waals surface area contributed by atoms with E-state index in [9.17, 15) is 9.18 Å². The number of aryl methyl sites for hydroxylation is 1. The fraction of sp³-hybridized carbons (Fsp3) is 0.286. The predicted octanol–water partition coefficient (Wildman–Crippen LogP) is 5.10. The van der Waals surface area contributed by atoms with Crippen LogP contribution in [-0.2, 0) is 18.6 Å². The van der Waals surface area contributed by atoms with E-state index < -0.39 is 11.6 Å². The number of benzene rings is 2. The SMILES string of the molecule is Cc1ccc2[nH]c(=O)c([C@H](c3nnnn3C(C)(C)C)N(Cc3ccc(F)cc3)Cc3ccco3)cc2c1. The first-order valence-corrected chi connectivity index (χ1v) is 12.1. The molecule has 3 heterocycles. The third kappa shape index (κ3) is 5.22. The number of hydrogen-bond donors (Lipinski definition) is 1. The maximum Gasteiger partial charge on any atom is 0.253 e. The Kier molecular flexibility index (Phi) is 6.47. The Morgan fingerprint density at radius 1 is 1.08 bits per heavy atom. The number of nitrogens with one attached hydrogen (secondary N) is 1. The lowest BCUT2D eigenvalue weighted by Crippen LogP contribution is -2.37. The zero-order chi connectivity index (χ0) is 26.2. The lowest BCUT2D eigenvalue weighted by atomic mass is 10.00. The van der Waals surface area contributed by atoms with E-state index in [1.165, 1.54) is 12.1 Å². The van der Waals surface area contributed by atoms with E-state index in [0.717, 1.165) is 27.8 Å². The van der Waals surface area contributed by atoms with Crippen LogP contribution in [0.15, 0.2) is 76.1 Å². The largest absolute Gasteiger partial charge is 0.468 e. The summed E-state index contributed by atoms with van der Waals surface area (Å²) in [4.78, 5) is 18.7. The van der Waals surface area contributed by atoms with Crippen molar-refractivity contribution < 1.29 is 8.81 Å². The van der Waals surface area contributed by atoms with Crippen molar-refractivity contribution in [2.24, 2.45) is 0 Å². The van der Waals surface area contributed by atoms with Gasteiger partial charge in [0.2, 0.25) is 0 Å². The van der Waals surface area contributed by atoms with Gasteiger partial charge in [-0.3, -0.25) is 9.69 Å². The summed E-state index contributed by atoms with van der Waals surface area (Å²) in [6.07, 6.45) is 1.62. The van der Waals surface area contributed by atoms with Crippen molar-refractivity contribution in [3.63, 3.8) is 0 Å². The van der Waals surface area contributed by atoms with E-state index in [1.807, 2.05) is 64.1 Å². The fourth-order valence-electron chi connectivity index (χ4n) is 4.55. The first-order chi connectivity index (χ1) is 17.7. The molecule has 0 saturated carbocycles. The van der Waals surface area contributed by atoms with Crippen LogP contribution in [0.5, 0.6) is 0 Å². The molecule has 2 aromatic carbocycles. The van der Waals surface area contributed by atoms with Crippen molar-refractivity contribution in [2.75, 3.05) is 0 Å². The molecule has 0 bridgehead atoms. The van der Waals surface area contributed by atoms with Gasteiger partial charge in [-0.15, -0.1) is 5.10 Å². The summed E-state index contributed by atoms with van der Waals surface area (Å²) in [5.41, 5.74) is 2.55. The standard InChI is InChI=1S/C28H29FN6O2/c1-18-7-12-24-20(14-18)15-23(27(36)30-24)25(26-31-32-33-35(26)28(2,3)4)34(17-22-6-5-13-37-22)16-19-8-10-21(29)11-9-19/h5-15,25H,16-17H2,1-4H3,(H,30,36)/t25-/m1/s1. The molecular weight excluding hydrogens is 471 g/mol. The molecule has 0 fully saturated rings. The Morgan fingerprint density at radius 2 is 1.86 bits per heavy atom. The topological polar surface area (TPSA) is 92.8 Å². The molecule has 37 heavy (non-hydrogen) atoms. The highest BCUT2D eigenvalue weighted by molar-refractivity contribution is 5.79. The minimum Gasteiger partial charge on any atom is -0.468 e. The Hall–Kier alpha value is -4.11. The highest BCUT2D eigenvalue weighted by Gasteiger charge is 2.34. The van der Waals surface area contributed by atoms with Gasteiger partial charge in [-0.2, -0.15) is 0 Å². The second-order valence-corrected chi connectivity index (χ2v) is 10.3. The third-order valence-corrected chi connectivity index (χ3v) is 6.30. The minimum atomic E-state index is -0.627. The third-order valence-electron chi connectivity index (χ3n) is 6.30. The van der Waals surface area contributed by atoms with Crippen molar-refractivity contribution in [1.29, 1.82) is 0 Å². The maximum atomic E-state index is 13.7. The van der Waals surface area contributed by atoms with Gasteiger partial charge in [0.05, 0.1) is 18.3 Å². The van der Waals surface area contributed by atoms with Crippen LogP contribution in [0.2, 0.25) is 0 Å². The van der Waals surface area contributed by atoms with Gasteiger partial charge >= 0.3 is 0 Å². The number of H-pyrrole nitrogens is 1. The summed E-state index contributed by atoms with van der Waals surface area (Å²) in [7, 11) is 0.